The summed E-state index contributed by atoms with van der Waals surface area (Å²) < 4.78 is 28.3. The number of nitriles is 1. The molecule has 1 atom stereocenters. The van der Waals surface area contributed by atoms with Gasteiger partial charge in [0.2, 0.25) is 5.88 Å². The maximum atomic E-state index is 14.5. The lowest BCUT2D eigenvalue weighted by Gasteiger charge is -2.36. The number of halogens is 1. The summed E-state index contributed by atoms with van der Waals surface area (Å²) in [5, 5.41) is 20.6. The third-order valence-corrected chi connectivity index (χ3v) is 8.55. The molecular formula is C34H31FN6O4. The second-order valence-electron chi connectivity index (χ2n) is 11.4. The largest absolute Gasteiger partial charge is 0.478 e. The molecule has 3 aromatic carbocycles. The number of carbonyl (C=O) groups is 1. The molecule has 0 bridgehead atoms. The summed E-state index contributed by atoms with van der Waals surface area (Å²) in [7, 11) is 0. The number of hydrogen-bond donors (Lipinski definition) is 1. The van der Waals surface area contributed by atoms with Gasteiger partial charge in [-0.3, -0.25) is 4.90 Å². The lowest BCUT2D eigenvalue weighted by atomic mass is 10.1. The van der Waals surface area contributed by atoms with Crippen LogP contribution in [0.3, 0.4) is 0 Å². The Bertz CT molecular complexity index is 1940. The van der Waals surface area contributed by atoms with E-state index in [0.29, 0.717) is 24.5 Å². The highest BCUT2D eigenvalue weighted by Crippen LogP contribution is 2.30. The zero-order chi connectivity index (χ0) is 30.9. The summed E-state index contributed by atoms with van der Waals surface area (Å²) in [5.41, 5.74) is 2.45. The van der Waals surface area contributed by atoms with Crippen LogP contribution in [0.25, 0.3) is 21.8 Å². The Morgan fingerprint density at radius 2 is 1.89 bits per heavy atom. The van der Waals surface area contributed by atoms with E-state index < -0.39 is 11.8 Å². The van der Waals surface area contributed by atoms with Gasteiger partial charge in [0.15, 0.2) is 0 Å². The number of rotatable bonds is 9. The Balaban J connectivity index is 1.08. The predicted octanol–water partition coefficient (Wildman–Crippen LogP) is 4.98. The number of anilines is 1. The van der Waals surface area contributed by atoms with E-state index in [1.807, 2.05) is 36.4 Å². The molecular weight excluding hydrogens is 575 g/mol. The summed E-state index contributed by atoms with van der Waals surface area (Å²) in [6.45, 7) is 5.05. The molecule has 10 nitrogen and oxygen atoms in total. The maximum Gasteiger partial charge on any atom is 0.335 e. The minimum Gasteiger partial charge on any atom is -0.478 e. The Labute approximate surface area is 258 Å². The number of carboxylic acids is 1. The van der Waals surface area contributed by atoms with Crippen LogP contribution in [0.15, 0.2) is 66.7 Å². The molecule has 0 aliphatic carbocycles. The van der Waals surface area contributed by atoms with Gasteiger partial charge in [0, 0.05) is 49.8 Å². The average Bonchev–Trinajstić information content (AvgIpc) is 3.37. The number of carboxylic acid groups (broad SMARTS) is 1. The van der Waals surface area contributed by atoms with Crippen molar-refractivity contribution in [1.29, 1.82) is 5.26 Å². The highest BCUT2D eigenvalue weighted by molar-refractivity contribution is 5.93. The van der Waals surface area contributed by atoms with Crippen LogP contribution in [0.4, 0.5) is 10.2 Å². The summed E-state index contributed by atoms with van der Waals surface area (Å²) in [6.07, 6.45) is 1.08. The van der Waals surface area contributed by atoms with Crippen molar-refractivity contribution in [3.63, 3.8) is 0 Å². The molecule has 1 N–H and O–H groups in total. The SMILES string of the molecule is N#Cc1ccc(COc2cc3ccccc3c(N3CCN(Cc4nc5ccc(C(=O)O)cc5n4C[C@@H]4CCO4)CC3)n2)c(F)c1. The van der Waals surface area contributed by atoms with E-state index in [9.17, 15) is 14.3 Å². The fourth-order valence-electron chi connectivity index (χ4n) is 5.94. The van der Waals surface area contributed by atoms with Crippen molar-refractivity contribution in [1.82, 2.24) is 19.4 Å². The Morgan fingerprint density at radius 1 is 1.07 bits per heavy atom. The van der Waals surface area contributed by atoms with Crippen molar-refractivity contribution in [2.45, 2.75) is 32.2 Å². The molecule has 2 saturated heterocycles. The van der Waals surface area contributed by atoms with Crippen molar-refractivity contribution < 1.29 is 23.8 Å². The van der Waals surface area contributed by atoms with E-state index in [-0.39, 0.29) is 23.8 Å². The molecule has 0 unspecified atom stereocenters. The number of imidazole rings is 1. The lowest BCUT2D eigenvalue weighted by Crippen LogP contribution is -2.46. The molecule has 7 rings (SSSR count). The zero-order valence-corrected chi connectivity index (χ0v) is 24.5. The first-order chi connectivity index (χ1) is 21.9. The molecule has 0 saturated carbocycles. The number of benzene rings is 3. The van der Waals surface area contributed by atoms with Gasteiger partial charge in [0.25, 0.3) is 0 Å². The molecule has 2 aromatic heterocycles. The molecule has 0 radical (unpaired) electrons. The third kappa shape index (κ3) is 5.90. The zero-order valence-electron chi connectivity index (χ0n) is 24.5. The molecule has 2 fully saturated rings. The number of pyridine rings is 1. The van der Waals surface area contributed by atoms with Gasteiger partial charge in [-0.05, 0) is 42.1 Å². The molecule has 228 valence electrons. The topological polar surface area (TPSA) is 117 Å². The van der Waals surface area contributed by atoms with E-state index in [1.54, 1.807) is 30.3 Å². The number of aromatic carboxylic acids is 1. The molecule has 45 heavy (non-hydrogen) atoms. The van der Waals surface area contributed by atoms with E-state index in [1.165, 1.54) is 6.07 Å². The maximum absolute atomic E-state index is 14.5. The number of fused-ring (bicyclic) bond motifs is 2. The highest BCUT2D eigenvalue weighted by atomic mass is 19.1. The number of ether oxygens (including phenoxy) is 2. The van der Waals surface area contributed by atoms with Crippen LogP contribution in [-0.2, 0) is 24.4 Å². The number of piperazine rings is 1. The van der Waals surface area contributed by atoms with Gasteiger partial charge in [-0.25, -0.2) is 14.2 Å². The Kier molecular flexibility index (Phi) is 7.75. The summed E-state index contributed by atoms with van der Waals surface area (Å²) in [4.78, 5) is 26.0. The molecule has 5 aromatic rings. The van der Waals surface area contributed by atoms with Crippen molar-refractivity contribution in [3.05, 3.63) is 95.1 Å². The van der Waals surface area contributed by atoms with Gasteiger partial charge in [0.1, 0.15) is 24.1 Å². The minimum absolute atomic E-state index is 0.00302. The molecule has 0 spiro atoms. The van der Waals surface area contributed by atoms with Crippen molar-refractivity contribution in [3.8, 4) is 11.9 Å². The lowest BCUT2D eigenvalue weighted by molar-refractivity contribution is -0.0592. The molecule has 2 aliphatic rings. The van der Waals surface area contributed by atoms with Crippen molar-refractivity contribution >= 4 is 33.6 Å². The second kappa shape index (κ2) is 12.1. The van der Waals surface area contributed by atoms with Gasteiger partial charge in [-0.15, -0.1) is 0 Å². The number of aromatic nitrogens is 3. The van der Waals surface area contributed by atoms with Crippen molar-refractivity contribution in [2.24, 2.45) is 0 Å². The van der Waals surface area contributed by atoms with Crippen LogP contribution in [0, 0.1) is 17.1 Å². The highest BCUT2D eigenvalue weighted by Gasteiger charge is 2.26. The Morgan fingerprint density at radius 3 is 2.62 bits per heavy atom. The van der Waals surface area contributed by atoms with E-state index in [4.69, 9.17) is 24.7 Å². The fraction of sp³-hybridized carbons (Fsp3) is 0.294. The van der Waals surface area contributed by atoms with Crippen LogP contribution in [0.5, 0.6) is 5.88 Å². The molecule has 4 heterocycles. The first kappa shape index (κ1) is 28.7. The number of nitrogens with zero attached hydrogens (tertiary/aromatic N) is 6. The van der Waals surface area contributed by atoms with Gasteiger partial charge >= 0.3 is 5.97 Å². The third-order valence-electron chi connectivity index (χ3n) is 8.55. The first-order valence-electron chi connectivity index (χ1n) is 15.0. The smallest absolute Gasteiger partial charge is 0.335 e. The first-order valence-corrected chi connectivity index (χ1v) is 15.0. The van der Waals surface area contributed by atoms with Crippen molar-refractivity contribution in [2.75, 3.05) is 37.7 Å². The van der Waals surface area contributed by atoms with Gasteiger partial charge in [-0.1, -0.05) is 30.3 Å². The normalized spacial score (nSPS) is 16.9. The van der Waals surface area contributed by atoms with Crippen LogP contribution in [0.2, 0.25) is 0 Å². The van der Waals surface area contributed by atoms with Crippen LogP contribution < -0.4 is 9.64 Å². The minimum atomic E-state index is -0.959. The van der Waals surface area contributed by atoms with Crippen LogP contribution in [-0.4, -0.2) is 69.4 Å². The monoisotopic (exact) mass is 606 g/mol. The van der Waals surface area contributed by atoms with E-state index in [0.717, 1.165) is 72.7 Å². The summed E-state index contributed by atoms with van der Waals surface area (Å²) in [6, 6.07) is 21.2. The van der Waals surface area contributed by atoms with Crippen LogP contribution >= 0.6 is 0 Å². The average molecular weight is 607 g/mol. The van der Waals surface area contributed by atoms with E-state index in [2.05, 4.69) is 14.4 Å². The van der Waals surface area contributed by atoms with Gasteiger partial charge in [-0.2, -0.15) is 10.2 Å². The van der Waals surface area contributed by atoms with Gasteiger partial charge in [0.05, 0.1) is 47.4 Å². The fourth-order valence-corrected chi connectivity index (χ4v) is 5.94. The number of hydrogen-bond acceptors (Lipinski definition) is 8. The van der Waals surface area contributed by atoms with E-state index >= 15 is 0 Å². The quantitative estimate of drug-likeness (QED) is 0.248. The summed E-state index contributed by atoms with van der Waals surface area (Å²) in [5.74, 6) is 0.674. The molecule has 0 amide bonds. The van der Waals surface area contributed by atoms with Crippen LogP contribution in [0.1, 0.15) is 33.7 Å². The second-order valence-corrected chi connectivity index (χ2v) is 11.4. The predicted molar refractivity (Wildman–Crippen MR) is 166 cm³/mol. The molecule has 2 aliphatic heterocycles. The summed E-state index contributed by atoms with van der Waals surface area (Å²) >= 11 is 0. The standard InChI is InChI=1S/C34H31FN6O4/c35-28-15-22(18-36)5-6-25(28)21-45-32-17-23-3-1-2-4-27(23)33(38-32)40-12-10-39(11-13-40)20-31-37-29-8-7-24(34(42)43)16-30(29)41(31)19-26-9-14-44-26/h1-8,15-17,26H,9-14,19-21H2,(H,42,43)/t26-/m0/s1. The Hall–Kier alpha value is -5.05. The van der Waals surface area contributed by atoms with Gasteiger partial charge < -0.3 is 24.0 Å². The molecule has 11 heteroatoms.